The molecule has 0 spiro atoms. The van der Waals surface area contributed by atoms with Gasteiger partial charge in [-0.3, -0.25) is 4.79 Å². The van der Waals surface area contributed by atoms with E-state index in [9.17, 15) is 13.2 Å². The standard InChI is InChI=1S/C11H17N3O3S2.ClH/c1-14(2)19(16,17)9-3-4-18-10(9)11(15)13-7-8-5-12-6-8;/h3-4,8,12H,5-7H2,1-2H3,(H,13,15);1H. The minimum Gasteiger partial charge on any atom is -0.351 e. The molecule has 0 aromatic carbocycles. The fourth-order valence-corrected chi connectivity index (χ4v) is 3.88. The second-order valence-corrected chi connectivity index (χ2v) is 7.67. The summed E-state index contributed by atoms with van der Waals surface area (Å²) >= 11 is 1.15. The average molecular weight is 340 g/mol. The van der Waals surface area contributed by atoms with Gasteiger partial charge in [0.25, 0.3) is 5.91 Å². The number of carbonyl (C=O) groups excluding carboxylic acids is 1. The summed E-state index contributed by atoms with van der Waals surface area (Å²) in [6.07, 6.45) is 0. The lowest BCUT2D eigenvalue weighted by atomic mass is 10.0. The molecule has 1 amide bonds. The highest BCUT2D eigenvalue weighted by Crippen LogP contribution is 2.24. The number of hydrogen-bond donors (Lipinski definition) is 2. The Morgan fingerprint density at radius 2 is 2.15 bits per heavy atom. The highest BCUT2D eigenvalue weighted by Gasteiger charge is 2.26. The van der Waals surface area contributed by atoms with Crippen LogP contribution in [0.2, 0.25) is 0 Å². The molecule has 1 saturated heterocycles. The summed E-state index contributed by atoms with van der Waals surface area (Å²) in [6, 6.07) is 1.47. The molecule has 1 fully saturated rings. The topological polar surface area (TPSA) is 78.5 Å². The molecular formula is C11H18ClN3O3S2. The number of hydrogen-bond acceptors (Lipinski definition) is 5. The average Bonchev–Trinajstić information content (AvgIpc) is 2.75. The van der Waals surface area contributed by atoms with Crippen LogP contribution in [-0.4, -0.2) is 52.4 Å². The van der Waals surface area contributed by atoms with Crippen molar-refractivity contribution < 1.29 is 13.2 Å². The van der Waals surface area contributed by atoms with Crippen molar-refractivity contribution in [1.29, 1.82) is 0 Å². The summed E-state index contributed by atoms with van der Waals surface area (Å²) in [7, 11) is -0.663. The summed E-state index contributed by atoms with van der Waals surface area (Å²) in [5.74, 6) is 0.125. The molecular weight excluding hydrogens is 322 g/mol. The smallest absolute Gasteiger partial charge is 0.262 e. The second-order valence-electron chi connectivity index (χ2n) is 4.64. The van der Waals surface area contributed by atoms with Crippen molar-refractivity contribution in [3.63, 3.8) is 0 Å². The van der Waals surface area contributed by atoms with Gasteiger partial charge in [-0.1, -0.05) is 0 Å². The molecule has 0 radical (unpaired) electrons. The van der Waals surface area contributed by atoms with Crippen LogP contribution in [0.15, 0.2) is 16.3 Å². The van der Waals surface area contributed by atoms with Crippen LogP contribution in [0.4, 0.5) is 0 Å². The number of sulfonamides is 1. The fourth-order valence-electron chi connectivity index (χ4n) is 1.67. The largest absolute Gasteiger partial charge is 0.351 e. The molecule has 20 heavy (non-hydrogen) atoms. The van der Waals surface area contributed by atoms with Crippen molar-refractivity contribution >= 4 is 39.7 Å². The Labute approximate surface area is 129 Å². The molecule has 6 nitrogen and oxygen atoms in total. The number of carbonyl (C=O) groups is 1. The van der Waals surface area contributed by atoms with Crippen molar-refractivity contribution in [2.24, 2.45) is 5.92 Å². The van der Waals surface area contributed by atoms with E-state index in [2.05, 4.69) is 10.6 Å². The van der Waals surface area contributed by atoms with Gasteiger partial charge in [0.1, 0.15) is 9.77 Å². The SMILES string of the molecule is CN(C)S(=O)(=O)c1ccsc1C(=O)NCC1CNC1.Cl. The van der Waals surface area contributed by atoms with E-state index in [1.807, 2.05) is 0 Å². The first-order valence-electron chi connectivity index (χ1n) is 5.92. The molecule has 1 aliphatic rings. The highest BCUT2D eigenvalue weighted by atomic mass is 35.5. The van der Waals surface area contributed by atoms with Gasteiger partial charge in [0, 0.05) is 39.6 Å². The van der Waals surface area contributed by atoms with Gasteiger partial charge in [-0.15, -0.1) is 23.7 Å². The van der Waals surface area contributed by atoms with Gasteiger partial charge in [0.2, 0.25) is 10.0 Å². The first-order chi connectivity index (χ1) is 8.93. The highest BCUT2D eigenvalue weighted by molar-refractivity contribution is 7.89. The Morgan fingerprint density at radius 3 is 2.65 bits per heavy atom. The fraction of sp³-hybridized carbons (Fsp3) is 0.545. The van der Waals surface area contributed by atoms with E-state index in [0.29, 0.717) is 12.5 Å². The van der Waals surface area contributed by atoms with E-state index in [0.717, 1.165) is 28.7 Å². The third-order valence-electron chi connectivity index (χ3n) is 3.01. The van der Waals surface area contributed by atoms with E-state index in [4.69, 9.17) is 0 Å². The summed E-state index contributed by atoms with van der Waals surface area (Å²) in [5, 5.41) is 7.53. The third kappa shape index (κ3) is 3.50. The minimum absolute atomic E-state index is 0. The maximum atomic E-state index is 12.1. The first kappa shape index (κ1) is 17.4. The molecule has 2 rings (SSSR count). The molecule has 2 N–H and O–H groups in total. The second kappa shape index (κ2) is 6.86. The van der Waals surface area contributed by atoms with Crippen LogP contribution in [0.5, 0.6) is 0 Å². The normalized spacial score (nSPS) is 15.6. The van der Waals surface area contributed by atoms with Crippen molar-refractivity contribution in [3.05, 3.63) is 16.3 Å². The molecule has 1 aromatic rings. The van der Waals surface area contributed by atoms with Gasteiger partial charge in [-0.2, -0.15) is 0 Å². The van der Waals surface area contributed by atoms with Crippen LogP contribution in [0.3, 0.4) is 0 Å². The Hall–Kier alpha value is -0.670. The molecule has 0 bridgehead atoms. The van der Waals surface area contributed by atoms with E-state index >= 15 is 0 Å². The maximum Gasteiger partial charge on any atom is 0.262 e. The third-order valence-corrected chi connectivity index (χ3v) is 5.91. The zero-order valence-corrected chi connectivity index (χ0v) is 13.7. The lowest BCUT2D eigenvalue weighted by Crippen LogP contribution is -2.48. The lowest BCUT2D eigenvalue weighted by Gasteiger charge is -2.27. The van der Waals surface area contributed by atoms with Gasteiger partial charge >= 0.3 is 0 Å². The maximum absolute atomic E-state index is 12.1. The molecule has 0 saturated carbocycles. The van der Waals surface area contributed by atoms with Gasteiger partial charge in [-0.25, -0.2) is 12.7 Å². The Balaban J connectivity index is 0.00000200. The predicted octanol–water partition coefficient (Wildman–Crippen LogP) is 0.369. The number of halogens is 1. The number of nitrogens with one attached hydrogen (secondary N) is 2. The number of rotatable bonds is 5. The Kier molecular flexibility index (Phi) is 5.96. The van der Waals surface area contributed by atoms with E-state index in [1.165, 1.54) is 20.2 Å². The quantitative estimate of drug-likeness (QED) is 0.812. The monoisotopic (exact) mass is 339 g/mol. The van der Waals surface area contributed by atoms with Crippen molar-refractivity contribution in [2.45, 2.75) is 4.90 Å². The van der Waals surface area contributed by atoms with Crippen LogP contribution < -0.4 is 10.6 Å². The lowest BCUT2D eigenvalue weighted by molar-refractivity contribution is 0.0943. The van der Waals surface area contributed by atoms with Crippen molar-refractivity contribution in [3.8, 4) is 0 Å². The van der Waals surface area contributed by atoms with Crippen LogP contribution in [0, 0.1) is 5.92 Å². The summed E-state index contributed by atoms with van der Waals surface area (Å²) < 4.78 is 25.2. The first-order valence-corrected chi connectivity index (χ1v) is 8.24. The number of thiophene rings is 1. The van der Waals surface area contributed by atoms with Crippen LogP contribution in [-0.2, 0) is 10.0 Å². The molecule has 1 aromatic heterocycles. The summed E-state index contributed by atoms with van der Waals surface area (Å²) in [4.78, 5) is 12.4. The van der Waals surface area contributed by atoms with Crippen LogP contribution >= 0.6 is 23.7 Å². The molecule has 9 heteroatoms. The molecule has 2 heterocycles. The number of nitrogens with zero attached hydrogens (tertiary/aromatic N) is 1. The van der Waals surface area contributed by atoms with E-state index in [1.54, 1.807) is 5.38 Å². The molecule has 0 atom stereocenters. The van der Waals surface area contributed by atoms with E-state index < -0.39 is 10.0 Å². The summed E-state index contributed by atoms with van der Waals surface area (Å²) in [6.45, 7) is 2.37. The van der Waals surface area contributed by atoms with Gasteiger partial charge in [0.05, 0.1) is 0 Å². The molecule has 114 valence electrons. The zero-order chi connectivity index (χ0) is 14.0. The zero-order valence-electron chi connectivity index (χ0n) is 11.3. The molecule has 0 unspecified atom stereocenters. The molecule has 1 aliphatic heterocycles. The van der Waals surface area contributed by atoms with Gasteiger partial charge in [-0.05, 0) is 11.4 Å². The van der Waals surface area contributed by atoms with Crippen LogP contribution in [0.1, 0.15) is 9.67 Å². The van der Waals surface area contributed by atoms with Crippen molar-refractivity contribution in [1.82, 2.24) is 14.9 Å². The number of amides is 1. The van der Waals surface area contributed by atoms with Crippen LogP contribution in [0.25, 0.3) is 0 Å². The Bertz CT molecular complexity index is 567. The van der Waals surface area contributed by atoms with Gasteiger partial charge < -0.3 is 10.6 Å². The predicted molar refractivity (Wildman–Crippen MR) is 81.1 cm³/mol. The molecule has 0 aliphatic carbocycles. The minimum atomic E-state index is -3.57. The van der Waals surface area contributed by atoms with E-state index in [-0.39, 0.29) is 28.1 Å². The van der Waals surface area contributed by atoms with Gasteiger partial charge in [0.15, 0.2) is 0 Å². The van der Waals surface area contributed by atoms with Crippen molar-refractivity contribution in [2.75, 3.05) is 33.7 Å². The summed E-state index contributed by atoms with van der Waals surface area (Å²) in [5.41, 5.74) is 0. The Morgan fingerprint density at radius 1 is 1.50 bits per heavy atom.